The molecule has 0 fully saturated rings. The Hall–Kier alpha value is -1.03. The quantitative estimate of drug-likeness (QED) is 0.387. The third-order valence-corrected chi connectivity index (χ3v) is 2.36. The molecule has 0 amide bonds. The molecule has 2 N–H and O–H groups in total. The van der Waals surface area contributed by atoms with Gasteiger partial charge in [-0.05, 0) is 27.8 Å². The Balaban J connectivity index is 3.96. The number of guanidine groups is 1. The Bertz CT molecular complexity index is 211. The van der Waals surface area contributed by atoms with Gasteiger partial charge in [0.05, 0.1) is 6.54 Å². The lowest BCUT2D eigenvalue weighted by molar-refractivity contribution is 0.282. The second kappa shape index (κ2) is 9.21. The molecule has 0 aliphatic heterocycles. The lowest BCUT2D eigenvalue weighted by Gasteiger charge is -2.20. The summed E-state index contributed by atoms with van der Waals surface area (Å²) in [4.78, 5) is 6.76. The lowest BCUT2D eigenvalue weighted by atomic mass is 10.3. The van der Waals surface area contributed by atoms with E-state index in [4.69, 9.17) is 0 Å². The highest BCUT2D eigenvalue weighted by Gasteiger charge is 2.01. The van der Waals surface area contributed by atoms with Crippen molar-refractivity contribution in [3.63, 3.8) is 0 Å². The van der Waals surface area contributed by atoms with Crippen LogP contribution in [0.1, 0.15) is 20.8 Å². The monoisotopic (exact) mass is 226 g/mol. The molecule has 0 aliphatic rings. The average molecular weight is 226 g/mol. The smallest absolute Gasteiger partial charge is 0.191 e. The normalized spacial score (nSPS) is 12.0. The van der Waals surface area contributed by atoms with Crippen LogP contribution >= 0.6 is 0 Å². The van der Waals surface area contributed by atoms with Crippen LogP contribution in [0.5, 0.6) is 0 Å². The fraction of sp³-hybridized carbons (Fsp3) is 0.750. The van der Waals surface area contributed by atoms with E-state index >= 15 is 0 Å². The molecule has 0 heterocycles. The number of hydrogen-bond donors (Lipinski definition) is 2. The van der Waals surface area contributed by atoms with E-state index in [0.29, 0.717) is 6.04 Å². The molecule has 0 bridgehead atoms. The van der Waals surface area contributed by atoms with Crippen molar-refractivity contribution < 1.29 is 0 Å². The van der Waals surface area contributed by atoms with Crippen LogP contribution < -0.4 is 10.6 Å². The van der Waals surface area contributed by atoms with Gasteiger partial charge in [-0.15, -0.1) is 6.58 Å². The zero-order valence-electron chi connectivity index (χ0n) is 11.1. The molecule has 0 aromatic carbocycles. The van der Waals surface area contributed by atoms with E-state index in [-0.39, 0.29) is 0 Å². The zero-order chi connectivity index (χ0) is 12.4. The molecule has 4 heteroatoms. The van der Waals surface area contributed by atoms with E-state index in [1.165, 1.54) is 0 Å². The van der Waals surface area contributed by atoms with Gasteiger partial charge in [0.15, 0.2) is 5.96 Å². The number of hydrogen-bond acceptors (Lipinski definition) is 2. The Labute approximate surface area is 99.8 Å². The fourth-order valence-corrected chi connectivity index (χ4v) is 1.09. The Morgan fingerprint density at radius 2 is 2.12 bits per heavy atom. The Morgan fingerprint density at radius 3 is 2.62 bits per heavy atom. The minimum atomic E-state index is 0.568. The van der Waals surface area contributed by atoms with Gasteiger partial charge in [0, 0.05) is 25.7 Å². The summed E-state index contributed by atoms with van der Waals surface area (Å²) in [5.41, 5.74) is 0. The molecule has 0 saturated carbocycles. The Kier molecular flexibility index (Phi) is 8.62. The second-order valence-corrected chi connectivity index (χ2v) is 4.00. The van der Waals surface area contributed by atoms with Crippen molar-refractivity contribution >= 4 is 5.96 Å². The number of rotatable bonds is 7. The van der Waals surface area contributed by atoms with E-state index < -0.39 is 0 Å². The highest BCUT2D eigenvalue weighted by Crippen LogP contribution is 1.91. The van der Waals surface area contributed by atoms with Crippen LogP contribution in [0.4, 0.5) is 0 Å². The van der Waals surface area contributed by atoms with Gasteiger partial charge in [-0.2, -0.15) is 0 Å². The molecule has 0 aromatic rings. The molecule has 16 heavy (non-hydrogen) atoms. The SMILES string of the molecule is C=CCNC(=NCCN(C)C(C)C)NCC. The predicted octanol–water partition coefficient (Wildman–Crippen LogP) is 1.07. The highest BCUT2D eigenvalue weighted by molar-refractivity contribution is 5.79. The molecule has 0 atom stereocenters. The molecule has 0 unspecified atom stereocenters. The number of nitrogens with one attached hydrogen (secondary N) is 2. The summed E-state index contributed by atoms with van der Waals surface area (Å²) in [5.74, 6) is 0.861. The van der Waals surface area contributed by atoms with Crippen molar-refractivity contribution in [2.24, 2.45) is 4.99 Å². The van der Waals surface area contributed by atoms with Gasteiger partial charge < -0.3 is 15.5 Å². The maximum Gasteiger partial charge on any atom is 0.191 e. The van der Waals surface area contributed by atoms with Gasteiger partial charge in [-0.1, -0.05) is 6.08 Å². The molecule has 0 aliphatic carbocycles. The first-order chi connectivity index (χ1) is 7.61. The van der Waals surface area contributed by atoms with E-state index in [0.717, 1.165) is 32.1 Å². The first-order valence-electron chi connectivity index (χ1n) is 5.95. The number of aliphatic imine (C=N–C) groups is 1. The van der Waals surface area contributed by atoms with Crippen LogP contribution in [0.25, 0.3) is 0 Å². The van der Waals surface area contributed by atoms with Crippen LogP contribution in [0, 0.1) is 0 Å². The first-order valence-corrected chi connectivity index (χ1v) is 5.95. The van der Waals surface area contributed by atoms with Crippen LogP contribution in [0.15, 0.2) is 17.6 Å². The molecule has 0 aromatic heterocycles. The first kappa shape index (κ1) is 15.0. The van der Waals surface area contributed by atoms with Crippen molar-refractivity contribution in [2.75, 3.05) is 33.2 Å². The molecule has 0 spiro atoms. The molecular weight excluding hydrogens is 200 g/mol. The highest BCUT2D eigenvalue weighted by atomic mass is 15.2. The van der Waals surface area contributed by atoms with Crippen molar-refractivity contribution in [1.82, 2.24) is 15.5 Å². The molecule has 0 saturated heterocycles. The maximum atomic E-state index is 4.48. The summed E-state index contributed by atoms with van der Waals surface area (Å²) in [7, 11) is 2.12. The van der Waals surface area contributed by atoms with Crippen LogP contribution in [-0.2, 0) is 0 Å². The number of nitrogens with zero attached hydrogens (tertiary/aromatic N) is 2. The van der Waals surface area contributed by atoms with E-state index in [1.54, 1.807) is 0 Å². The largest absolute Gasteiger partial charge is 0.357 e. The lowest BCUT2D eigenvalue weighted by Crippen LogP contribution is -2.38. The average Bonchev–Trinajstić information content (AvgIpc) is 2.25. The van der Waals surface area contributed by atoms with Gasteiger partial charge in [-0.25, -0.2) is 0 Å². The van der Waals surface area contributed by atoms with E-state index in [2.05, 4.69) is 54.9 Å². The minimum absolute atomic E-state index is 0.568. The van der Waals surface area contributed by atoms with Gasteiger partial charge in [0.1, 0.15) is 0 Å². The molecule has 4 nitrogen and oxygen atoms in total. The second-order valence-electron chi connectivity index (χ2n) is 4.00. The van der Waals surface area contributed by atoms with Gasteiger partial charge in [-0.3, -0.25) is 4.99 Å². The van der Waals surface area contributed by atoms with Crippen LogP contribution in [0.3, 0.4) is 0 Å². The van der Waals surface area contributed by atoms with Crippen LogP contribution in [-0.4, -0.2) is 50.1 Å². The zero-order valence-corrected chi connectivity index (χ0v) is 11.1. The Morgan fingerprint density at radius 1 is 1.44 bits per heavy atom. The van der Waals surface area contributed by atoms with E-state index in [9.17, 15) is 0 Å². The van der Waals surface area contributed by atoms with Crippen molar-refractivity contribution in [2.45, 2.75) is 26.8 Å². The fourth-order valence-electron chi connectivity index (χ4n) is 1.09. The maximum absolute atomic E-state index is 4.48. The third-order valence-electron chi connectivity index (χ3n) is 2.36. The molecule has 0 radical (unpaired) electrons. The summed E-state index contributed by atoms with van der Waals surface area (Å²) in [6.07, 6.45) is 1.83. The van der Waals surface area contributed by atoms with E-state index in [1.807, 2.05) is 6.08 Å². The third kappa shape index (κ3) is 7.29. The van der Waals surface area contributed by atoms with Gasteiger partial charge in [0.25, 0.3) is 0 Å². The van der Waals surface area contributed by atoms with Crippen molar-refractivity contribution in [3.05, 3.63) is 12.7 Å². The number of likely N-dealkylation sites (N-methyl/N-ethyl adjacent to an activating group) is 1. The van der Waals surface area contributed by atoms with Gasteiger partial charge in [0.2, 0.25) is 0 Å². The van der Waals surface area contributed by atoms with Crippen molar-refractivity contribution in [3.8, 4) is 0 Å². The summed E-state index contributed by atoms with van der Waals surface area (Å²) in [6.45, 7) is 13.5. The summed E-state index contributed by atoms with van der Waals surface area (Å²) >= 11 is 0. The standard InChI is InChI=1S/C12H26N4/c1-6-8-14-12(13-7-2)15-9-10-16(5)11(3)4/h6,11H,1,7-10H2,2-5H3,(H2,13,14,15). The molecule has 94 valence electrons. The predicted molar refractivity (Wildman–Crippen MR) is 71.9 cm³/mol. The minimum Gasteiger partial charge on any atom is -0.357 e. The summed E-state index contributed by atoms with van der Waals surface area (Å²) in [6, 6.07) is 0.568. The topological polar surface area (TPSA) is 39.7 Å². The summed E-state index contributed by atoms with van der Waals surface area (Å²) in [5, 5.41) is 6.37. The van der Waals surface area contributed by atoms with Crippen molar-refractivity contribution in [1.29, 1.82) is 0 Å². The molecular formula is C12H26N4. The van der Waals surface area contributed by atoms with Gasteiger partial charge >= 0.3 is 0 Å². The summed E-state index contributed by atoms with van der Waals surface area (Å²) < 4.78 is 0. The molecule has 0 rings (SSSR count). The van der Waals surface area contributed by atoms with Crippen LogP contribution in [0.2, 0.25) is 0 Å².